The molecule has 2 aromatic rings. The van der Waals surface area contributed by atoms with Crippen LogP contribution in [0.3, 0.4) is 0 Å². The lowest BCUT2D eigenvalue weighted by Crippen LogP contribution is -2.14. The molecule has 1 aromatic heterocycles. The average molecular weight is 328 g/mol. The fraction of sp³-hybridized carbons (Fsp3) is 0.0833. The van der Waals surface area contributed by atoms with Gasteiger partial charge in [-0.05, 0) is 24.6 Å². The molecule has 0 fully saturated rings. The van der Waals surface area contributed by atoms with Gasteiger partial charge in [0, 0.05) is 18.3 Å². The zero-order chi connectivity index (χ0) is 15.6. The fourth-order valence-corrected chi connectivity index (χ4v) is 3.06. The molecule has 0 spiro atoms. The number of halogens is 1. The molecule has 0 saturated carbocycles. The number of nitro groups is 1. The molecular weight excluding hydrogens is 318 g/mol. The summed E-state index contributed by atoms with van der Waals surface area (Å²) in [5.74, 6) is 0.100. The molecule has 0 amide bonds. The van der Waals surface area contributed by atoms with Crippen molar-refractivity contribution in [2.24, 2.45) is 0 Å². The highest BCUT2D eigenvalue weighted by Crippen LogP contribution is 2.27. The lowest BCUT2D eigenvalue weighted by molar-refractivity contribution is -0.385. The van der Waals surface area contributed by atoms with E-state index in [4.69, 9.17) is 11.6 Å². The van der Waals surface area contributed by atoms with Gasteiger partial charge in [0.25, 0.3) is 15.7 Å². The Labute approximate surface area is 125 Å². The minimum atomic E-state index is -4.06. The maximum Gasteiger partial charge on any atom is 0.270 e. The number of anilines is 1. The van der Waals surface area contributed by atoms with E-state index >= 15 is 0 Å². The van der Waals surface area contributed by atoms with Crippen LogP contribution in [-0.4, -0.2) is 18.3 Å². The van der Waals surface area contributed by atoms with Gasteiger partial charge in [-0.2, -0.15) is 0 Å². The van der Waals surface area contributed by atoms with Crippen molar-refractivity contribution in [3.05, 3.63) is 57.2 Å². The first-order valence-corrected chi connectivity index (χ1v) is 7.55. The number of pyridine rings is 1. The van der Waals surface area contributed by atoms with E-state index in [1.54, 1.807) is 6.07 Å². The third-order valence-corrected chi connectivity index (χ3v) is 4.40. The Bertz CT molecular complexity index is 791. The first kappa shape index (κ1) is 15.2. The van der Waals surface area contributed by atoms with E-state index in [0.717, 1.165) is 23.8 Å². The lowest BCUT2D eigenvalue weighted by Gasteiger charge is -2.08. The Balaban J connectivity index is 2.41. The SMILES string of the molecule is Cc1ccc(NS(=O)(=O)c2cc([N+](=O)[O-])ccc2Cl)nc1. The van der Waals surface area contributed by atoms with Gasteiger partial charge in [-0.3, -0.25) is 14.8 Å². The van der Waals surface area contributed by atoms with Crippen LogP contribution in [0, 0.1) is 17.0 Å². The van der Waals surface area contributed by atoms with Crippen molar-refractivity contribution in [3.63, 3.8) is 0 Å². The van der Waals surface area contributed by atoms with Crippen LogP contribution in [0.5, 0.6) is 0 Å². The molecule has 0 unspecified atom stereocenters. The zero-order valence-corrected chi connectivity index (χ0v) is 12.4. The quantitative estimate of drug-likeness (QED) is 0.687. The number of aryl methyl sites for hydroxylation is 1. The summed E-state index contributed by atoms with van der Waals surface area (Å²) < 4.78 is 26.7. The molecule has 1 N–H and O–H groups in total. The van der Waals surface area contributed by atoms with E-state index < -0.39 is 14.9 Å². The van der Waals surface area contributed by atoms with Gasteiger partial charge in [0.1, 0.15) is 10.7 Å². The molecule has 7 nitrogen and oxygen atoms in total. The second-order valence-corrected chi connectivity index (χ2v) is 6.26. The number of rotatable bonds is 4. The minimum Gasteiger partial charge on any atom is -0.263 e. The largest absolute Gasteiger partial charge is 0.270 e. The Morgan fingerprint density at radius 2 is 2.00 bits per heavy atom. The summed E-state index contributed by atoms with van der Waals surface area (Å²) in [6.07, 6.45) is 1.49. The van der Waals surface area contributed by atoms with Crippen molar-refractivity contribution in [3.8, 4) is 0 Å². The second-order valence-electron chi connectivity index (χ2n) is 4.20. The highest BCUT2D eigenvalue weighted by Gasteiger charge is 2.22. The van der Waals surface area contributed by atoms with Gasteiger partial charge >= 0.3 is 0 Å². The number of nitrogens with one attached hydrogen (secondary N) is 1. The van der Waals surface area contributed by atoms with Gasteiger partial charge in [0.15, 0.2) is 0 Å². The number of nitrogens with zero attached hydrogens (tertiary/aromatic N) is 2. The summed E-state index contributed by atoms with van der Waals surface area (Å²) in [6, 6.07) is 6.36. The van der Waals surface area contributed by atoms with Crippen LogP contribution in [0.4, 0.5) is 11.5 Å². The molecule has 0 aliphatic heterocycles. The predicted molar refractivity (Wildman–Crippen MR) is 77.9 cm³/mol. The van der Waals surface area contributed by atoms with Crippen molar-refractivity contribution < 1.29 is 13.3 Å². The molecule has 0 atom stereocenters. The Morgan fingerprint density at radius 1 is 1.29 bits per heavy atom. The monoisotopic (exact) mass is 327 g/mol. The second kappa shape index (κ2) is 5.66. The molecule has 0 radical (unpaired) electrons. The van der Waals surface area contributed by atoms with Crippen LogP contribution in [-0.2, 0) is 10.0 Å². The molecule has 0 aliphatic rings. The molecule has 0 aliphatic carbocycles. The molecule has 0 saturated heterocycles. The normalized spacial score (nSPS) is 11.1. The average Bonchev–Trinajstić information content (AvgIpc) is 2.41. The van der Waals surface area contributed by atoms with E-state index in [9.17, 15) is 18.5 Å². The molecular formula is C12H10ClN3O4S. The topological polar surface area (TPSA) is 102 Å². The van der Waals surface area contributed by atoms with Crippen molar-refractivity contribution in [2.75, 3.05) is 4.72 Å². The third-order valence-electron chi connectivity index (χ3n) is 2.57. The summed E-state index contributed by atoms with van der Waals surface area (Å²) in [4.78, 5) is 13.6. The summed E-state index contributed by atoms with van der Waals surface area (Å²) in [7, 11) is -4.06. The van der Waals surface area contributed by atoms with Gasteiger partial charge in [-0.25, -0.2) is 13.4 Å². The number of hydrogen-bond acceptors (Lipinski definition) is 5. The highest BCUT2D eigenvalue weighted by atomic mass is 35.5. The van der Waals surface area contributed by atoms with Gasteiger partial charge in [0.2, 0.25) is 0 Å². The van der Waals surface area contributed by atoms with E-state index in [1.807, 2.05) is 6.92 Å². The smallest absolute Gasteiger partial charge is 0.263 e. The number of non-ortho nitro benzene ring substituents is 1. The van der Waals surface area contributed by atoms with Gasteiger partial charge in [0.05, 0.1) is 9.95 Å². The number of hydrogen-bond donors (Lipinski definition) is 1. The third kappa shape index (κ3) is 3.47. The first-order valence-electron chi connectivity index (χ1n) is 5.69. The summed E-state index contributed by atoms with van der Waals surface area (Å²) in [5.41, 5.74) is 0.503. The first-order chi connectivity index (χ1) is 9.79. The lowest BCUT2D eigenvalue weighted by atomic mass is 10.3. The standard InChI is InChI=1S/C12H10ClN3O4S/c1-8-2-5-12(14-7-8)15-21(19,20)11-6-9(16(17)18)3-4-10(11)13/h2-7H,1H3,(H,14,15). The Kier molecular flexibility index (Phi) is 4.10. The Hall–Kier alpha value is -2.19. The zero-order valence-electron chi connectivity index (χ0n) is 10.8. The fourth-order valence-electron chi connectivity index (χ4n) is 1.53. The highest BCUT2D eigenvalue weighted by molar-refractivity contribution is 7.92. The number of aromatic nitrogens is 1. The maximum atomic E-state index is 12.2. The molecule has 1 heterocycles. The summed E-state index contributed by atoms with van der Waals surface area (Å²) in [6.45, 7) is 1.81. The molecule has 0 bridgehead atoms. The van der Waals surface area contributed by atoms with Crippen LogP contribution >= 0.6 is 11.6 Å². The van der Waals surface area contributed by atoms with Crippen LogP contribution < -0.4 is 4.72 Å². The van der Waals surface area contributed by atoms with Gasteiger partial charge in [-0.15, -0.1) is 0 Å². The van der Waals surface area contributed by atoms with Crippen LogP contribution in [0.25, 0.3) is 0 Å². The minimum absolute atomic E-state index is 0.100. The van der Waals surface area contributed by atoms with E-state index in [1.165, 1.54) is 12.3 Å². The van der Waals surface area contributed by atoms with E-state index in [0.29, 0.717) is 0 Å². The van der Waals surface area contributed by atoms with Crippen molar-refractivity contribution in [2.45, 2.75) is 11.8 Å². The van der Waals surface area contributed by atoms with Crippen molar-refractivity contribution >= 4 is 33.1 Å². The van der Waals surface area contributed by atoms with Crippen LogP contribution in [0.2, 0.25) is 5.02 Å². The molecule has 21 heavy (non-hydrogen) atoms. The number of benzene rings is 1. The summed E-state index contributed by atoms with van der Waals surface area (Å²) in [5, 5.41) is 10.6. The van der Waals surface area contributed by atoms with Crippen LogP contribution in [0.1, 0.15) is 5.56 Å². The van der Waals surface area contributed by atoms with Gasteiger partial charge < -0.3 is 0 Å². The number of nitro benzene ring substituents is 1. The van der Waals surface area contributed by atoms with Crippen LogP contribution in [0.15, 0.2) is 41.4 Å². The number of sulfonamides is 1. The van der Waals surface area contributed by atoms with E-state index in [-0.39, 0.29) is 21.4 Å². The molecule has 110 valence electrons. The van der Waals surface area contributed by atoms with Crippen molar-refractivity contribution in [1.29, 1.82) is 0 Å². The maximum absolute atomic E-state index is 12.2. The summed E-state index contributed by atoms with van der Waals surface area (Å²) >= 11 is 5.81. The van der Waals surface area contributed by atoms with Gasteiger partial charge in [-0.1, -0.05) is 17.7 Å². The molecule has 1 aromatic carbocycles. The Morgan fingerprint density at radius 3 is 2.57 bits per heavy atom. The molecule has 9 heteroatoms. The predicted octanol–water partition coefficient (Wildman–Crippen LogP) is 2.75. The van der Waals surface area contributed by atoms with Crippen molar-refractivity contribution in [1.82, 2.24) is 4.98 Å². The van der Waals surface area contributed by atoms with E-state index in [2.05, 4.69) is 9.71 Å². The molecule has 2 rings (SSSR count).